The second-order valence-electron chi connectivity index (χ2n) is 7.15. The largest absolute Gasteiger partial charge is 0.488 e. The summed E-state index contributed by atoms with van der Waals surface area (Å²) < 4.78 is 6.06. The van der Waals surface area contributed by atoms with Crippen molar-refractivity contribution in [3.05, 3.63) is 82.8 Å². The van der Waals surface area contributed by atoms with Gasteiger partial charge in [0.1, 0.15) is 12.4 Å². The lowest BCUT2D eigenvalue weighted by Crippen LogP contribution is -2.34. The van der Waals surface area contributed by atoms with Gasteiger partial charge in [-0.2, -0.15) is 0 Å². The highest BCUT2D eigenvalue weighted by Crippen LogP contribution is 2.35. The molecule has 5 heteroatoms. The predicted octanol–water partition coefficient (Wildman–Crippen LogP) is 5.86. The summed E-state index contributed by atoms with van der Waals surface area (Å²) in [5.74, 6) is 0.427. The first-order valence-electron chi connectivity index (χ1n) is 9.49. The average Bonchev–Trinajstić information content (AvgIpc) is 3.00. The van der Waals surface area contributed by atoms with Gasteiger partial charge in [0.25, 0.3) is 11.1 Å². The molecule has 0 aliphatic carbocycles. The van der Waals surface area contributed by atoms with E-state index in [1.54, 1.807) is 6.08 Å². The first kappa shape index (κ1) is 19.3. The van der Waals surface area contributed by atoms with E-state index < -0.39 is 0 Å². The van der Waals surface area contributed by atoms with Crippen LogP contribution < -0.4 is 4.74 Å². The van der Waals surface area contributed by atoms with E-state index in [1.165, 1.54) is 15.7 Å². The quantitative estimate of drug-likeness (QED) is 0.500. The molecule has 4 nitrogen and oxygen atoms in total. The summed E-state index contributed by atoms with van der Waals surface area (Å²) in [5.41, 5.74) is 1.85. The number of rotatable bonds is 5. The van der Waals surface area contributed by atoms with E-state index in [4.69, 9.17) is 4.74 Å². The molecule has 0 spiro atoms. The van der Waals surface area contributed by atoms with Crippen LogP contribution in [0, 0.1) is 0 Å². The Bertz CT molecular complexity index is 1120. The molecule has 0 aromatic heterocycles. The van der Waals surface area contributed by atoms with Crippen LogP contribution in [-0.2, 0) is 11.4 Å². The number of nitrogens with zero attached hydrogens (tertiary/aromatic N) is 1. The Morgan fingerprint density at radius 2 is 1.69 bits per heavy atom. The molecule has 3 aromatic carbocycles. The van der Waals surface area contributed by atoms with E-state index >= 15 is 0 Å². The zero-order valence-electron chi connectivity index (χ0n) is 16.3. The van der Waals surface area contributed by atoms with Crippen molar-refractivity contribution in [3.63, 3.8) is 0 Å². The fraction of sp³-hybridized carbons (Fsp3) is 0.167. The number of amides is 2. The maximum absolute atomic E-state index is 12.6. The average molecular weight is 404 g/mol. The molecule has 4 rings (SSSR count). The Kier molecular flexibility index (Phi) is 5.41. The summed E-state index contributed by atoms with van der Waals surface area (Å²) in [4.78, 5) is 26.4. The van der Waals surface area contributed by atoms with Gasteiger partial charge in [0.15, 0.2) is 0 Å². The number of para-hydroxylation sites is 1. The van der Waals surface area contributed by atoms with Gasteiger partial charge in [-0.1, -0.05) is 54.6 Å². The van der Waals surface area contributed by atoms with E-state index in [2.05, 4.69) is 30.3 Å². The van der Waals surface area contributed by atoms with Crippen molar-refractivity contribution in [1.82, 2.24) is 4.90 Å². The van der Waals surface area contributed by atoms with Crippen molar-refractivity contribution in [3.8, 4) is 5.75 Å². The second-order valence-corrected chi connectivity index (χ2v) is 8.15. The van der Waals surface area contributed by atoms with E-state index in [0.717, 1.165) is 22.9 Å². The first-order chi connectivity index (χ1) is 14.0. The van der Waals surface area contributed by atoms with Crippen LogP contribution in [0.25, 0.3) is 16.8 Å². The highest BCUT2D eigenvalue weighted by Gasteiger charge is 2.36. The molecule has 1 aliphatic rings. The van der Waals surface area contributed by atoms with E-state index in [0.29, 0.717) is 17.3 Å². The van der Waals surface area contributed by atoms with Crippen LogP contribution in [0.15, 0.2) is 71.6 Å². The van der Waals surface area contributed by atoms with E-state index in [1.807, 2.05) is 50.2 Å². The molecule has 2 amide bonds. The topological polar surface area (TPSA) is 46.6 Å². The normalized spacial score (nSPS) is 15.7. The fourth-order valence-corrected chi connectivity index (χ4v) is 4.24. The summed E-state index contributed by atoms with van der Waals surface area (Å²) in [7, 11) is 0. The molecule has 1 heterocycles. The lowest BCUT2D eigenvalue weighted by atomic mass is 10.1. The molecule has 0 radical (unpaired) electrons. The highest BCUT2D eigenvalue weighted by atomic mass is 32.2. The molecule has 0 N–H and O–H groups in total. The molecule has 1 fully saturated rings. The number of fused-ring (bicyclic) bond motifs is 1. The molecule has 29 heavy (non-hydrogen) atoms. The van der Waals surface area contributed by atoms with Gasteiger partial charge in [0, 0.05) is 11.6 Å². The Morgan fingerprint density at radius 3 is 2.45 bits per heavy atom. The standard InChI is InChI=1S/C24H21NO3S/c1-16(2)25-23(26)22(29-24(25)27)14-20-9-5-6-10-21(20)28-15-17-11-12-18-7-3-4-8-19(18)13-17/h3-14,16H,15H2,1-2H3/b22-14+. The van der Waals surface area contributed by atoms with Gasteiger partial charge in [-0.3, -0.25) is 14.5 Å². The lowest BCUT2D eigenvalue weighted by molar-refractivity contribution is -0.123. The Hall–Kier alpha value is -3.05. The molecule has 0 bridgehead atoms. The Labute approximate surface area is 174 Å². The van der Waals surface area contributed by atoms with Gasteiger partial charge in [-0.25, -0.2) is 0 Å². The molecular weight excluding hydrogens is 382 g/mol. The fourth-order valence-electron chi connectivity index (χ4n) is 3.29. The van der Waals surface area contributed by atoms with Crippen LogP contribution in [-0.4, -0.2) is 22.1 Å². The van der Waals surface area contributed by atoms with Crippen LogP contribution in [0.1, 0.15) is 25.0 Å². The Morgan fingerprint density at radius 1 is 0.966 bits per heavy atom. The number of thioether (sulfide) groups is 1. The molecule has 0 unspecified atom stereocenters. The smallest absolute Gasteiger partial charge is 0.293 e. The van der Waals surface area contributed by atoms with Crippen molar-refractivity contribution in [2.24, 2.45) is 0 Å². The van der Waals surface area contributed by atoms with E-state index in [9.17, 15) is 9.59 Å². The van der Waals surface area contributed by atoms with Gasteiger partial charge in [0.2, 0.25) is 0 Å². The number of hydrogen-bond acceptors (Lipinski definition) is 4. The summed E-state index contributed by atoms with van der Waals surface area (Å²) in [6, 6.07) is 21.9. The third-order valence-electron chi connectivity index (χ3n) is 4.75. The van der Waals surface area contributed by atoms with Gasteiger partial charge in [-0.15, -0.1) is 0 Å². The van der Waals surface area contributed by atoms with Gasteiger partial charge >= 0.3 is 0 Å². The van der Waals surface area contributed by atoms with Gasteiger partial charge < -0.3 is 4.74 Å². The van der Waals surface area contributed by atoms with Crippen LogP contribution >= 0.6 is 11.8 Å². The van der Waals surface area contributed by atoms with Crippen LogP contribution in [0.5, 0.6) is 5.75 Å². The number of carbonyl (C=O) groups is 2. The van der Waals surface area contributed by atoms with Crippen molar-refractivity contribution >= 4 is 39.8 Å². The molecule has 0 saturated carbocycles. The van der Waals surface area contributed by atoms with Crippen molar-refractivity contribution < 1.29 is 14.3 Å². The molecule has 0 atom stereocenters. The van der Waals surface area contributed by atoms with E-state index in [-0.39, 0.29) is 17.2 Å². The molecule has 1 aliphatic heterocycles. The summed E-state index contributed by atoms with van der Waals surface area (Å²) in [5, 5.41) is 2.13. The minimum atomic E-state index is -0.251. The number of carbonyl (C=O) groups excluding carboxylic acids is 2. The van der Waals surface area contributed by atoms with Crippen LogP contribution in [0.4, 0.5) is 4.79 Å². The molecule has 146 valence electrons. The highest BCUT2D eigenvalue weighted by molar-refractivity contribution is 8.18. The maximum atomic E-state index is 12.6. The number of ether oxygens (including phenoxy) is 1. The summed E-state index contributed by atoms with van der Waals surface area (Å²) >= 11 is 0.973. The molecule has 1 saturated heterocycles. The zero-order chi connectivity index (χ0) is 20.4. The number of benzene rings is 3. The maximum Gasteiger partial charge on any atom is 0.293 e. The van der Waals surface area contributed by atoms with Gasteiger partial charge in [-0.05, 0) is 60.2 Å². The van der Waals surface area contributed by atoms with Gasteiger partial charge in [0.05, 0.1) is 4.91 Å². The SMILES string of the molecule is CC(C)N1C(=O)S/C(=C/c2ccccc2OCc2ccc3ccccc3c2)C1=O. The number of imide groups is 1. The molecule has 3 aromatic rings. The number of hydrogen-bond donors (Lipinski definition) is 0. The van der Waals surface area contributed by atoms with Crippen molar-refractivity contribution in [1.29, 1.82) is 0 Å². The summed E-state index contributed by atoms with van der Waals surface area (Å²) in [6.45, 7) is 4.09. The second kappa shape index (κ2) is 8.13. The van der Waals surface area contributed by atoms with Crippen molar-refractivity contribution in [2.75, 3.05) is 0 Å². The monoisotopic (exact) mass is 403 g/mol. The third-order valence-corrected chi connectivity index (χ3v) is 5.64. The Balaban J connectivity index is 1.55. The third kappa shape index (κ3) is 4.05. The zero-order valence-corrected chi connectivity index (χ0v) is 17.1. The minimum absolute atomic E-state index is 0.159. The van der Waals surface area contributed by atoms with Crippen LogP contribution in [0.3, 0.4) is 0 Å². The minimum Gasteiger partial charge on any atom is -0.488 e. The van der Waals surface area contributed by atoms with Crippen LogP contribution in [0.2, 0.25) is 0 Å². The lowest BCUT2D eigenvalue weighted by Gasteiger charge is -2.16. The first-order valence-corrected chi connectivity index (χ1v) is 10.3. The predicted molar refractivity (Wildman–Crippen MR) is 118 cm³/mol. The van der Waals surface area contributed by atoms with Crippen molar-refractivity contribution in [2.45, 2.75) is 26.5 Å². The molecular formula is C24H21NO3S. The summed E-state index contributed by atoms with van der Waals surface area (Å²) in [6.07, 6.45) is 1.74.